The van der Waals surface area contributed by atoms with E-state index in [0.29, 0.717) is 13.2 Å². The lowest BCUT2D eigenvalue weighted by Gasteiger charge is -2.31. The fourth-order valence-corrected chi connectivity index (χ4v) is 3.70. The summed E-state index contributed by atoms with van der Waals surface area (Å²) in [5, 5.41) is 6.10. The van der Waals surface area contributed by atoms with Crippen molar-refractivity contribution in [2.45, 2.75) is 32.4 Å². The number of hydrogen-bond acceptors (Lipinski definition) is 4. The molecule has 6 nitrogen and oxygen atoms in total. The van der Waals surface area contributed by atoms with Crippen LogP contribution in [0.1, 0.15) is 42.1 Å². The van der Waals surface area contributed by atoms with Crippen molar-refractivity contribution in [1.82, 2.24) is 15.5 Å². The van der Waals surface area contributed by atoms with Gasteiger partial charge < -0.3 is 15.4 Å². The Morgan fingerprint density at radius 2 is 1.57 bits per heavy atom. The van der Waals surface area contributed by atoms with Gasteiger partial charge in [-0.3, -0.25) is 14.5 Å². The average Bonchev–Trinajstić information content (AvgIpc) is 2.74. The molecule has 2 N–H and O–H groups in total. The molecule has 30 heavy (non-hydrogen) atoms. The summed E-state index contributed by atoms with van der Waals surface area (Å²) in [5.41, 5.74) is 3.18. The van der Waals surface area contributed by atoms with Crippen LogP contribution in [0.3, 0.4) is 0 Å². The number of aryl methyl sites for hydroxylation is 1. The van der Waals surface area contributed by atoms with E-state index in [4.69, 9.17) is 4.74 Å². The lowest BCUT2D eigenvalue weighted by Crippen LogP contribution is -2.43. The van der Waals surface area contributed by atoms with E-state index < -0.39 is 0 Å². The van der Waals surface area contributed by atoms with Gasteiger partial charge in [-0.25, -0.2) is 0 Å². The summed E-state index contributed by atoms with van der Waals surface area (Å²) < 4.78 is 5.45. The summed E-state index contributed by atoms with van der Waals surface area (Å²) in [6.45, 7) is 7.40. The van der Waals surface area contributed by atoms with Crippen LogP contribution in [0.25, 0.3) is 0 Å². The van der Waals surface area contributed by atoms with Gasteiger partial charge in [0.05, 0.1) is 31.7 Å². The molecule has 1 heterocycles. The Morgan fingerprint density at radius 3 is 2.20 bits per heavy atom. The molecule has 0 saturated carbocycles. The van der Waals surface area contributed by atoms with Gasteiger partial charge in [-0.1, -0.05) is 60.2 Å². The molecule has 0 aromatic heterocycles. The van der Waals surface area contributed by atoms with Crippen molar-refractivity contribution >= 4 is 11.8 Å². The largest absolute Gasteiger partial charge is 0.379 e. The number of ether oxygens (including phenoxy) is 1. The maximum atomic E-state index is 13.0. The van der Waals surface area contributed by atoms with E-state index in [-0.39, 0.29) is 30.3 Å². The zero-order chi connectivity index (χ0) is 21.3. The van der Waals surface area contributed by atoms with Gasteiger partial charge in [0.2, 0.25) is 11.8 Å². The van der Waals surface area contributed by atoms with Crippen molar-refractivity contribution in [3.63, 3.8) is 0 Å². The van der Waals surface area contributed by atoms with E-state index in [1.54, 1.807) is 0 Å². The number of morpholine rings is 1. The lowest BCUT2D eigenvalue weighted by atomic mass is 10.0. The molecular weight excluding hydrogens is 378 g/mol. The highest BCUT2D eigenvalue weighted by atomic mass is 16.5. The number of nitrogens with zero attached hydrogens (tertiary/aromatic N) is 1. The summed E-state index contributed by atoms with van der Waals surface area (Å²) in [7, 11) is 0. The fourth-order valence-electron chi connectivity index (χ4n) is 3.70. The SMILES string of the molecule is CC(=O)N[C@H](CC(=O)N[C@H](CN1CCOCC1)c1ccc(C)cc1)c1ccccc1. The van der Waals surface area contributed by atoms with E-state index in [9.17, 15) is 9.59 Å². The van der Waals surface area contributed by atoms with Crippen molar-refractivity contribution < 1.29 is 14.3 Å². The standard InChI is InChI=1S/C24H31N3O3/c1-18-8-10-21(11-9-18)23(17-27-12-14-30-15-13-27)26-24(29)16-22(25-19(2)28)20-6-4-3-5-7-20/h3-11,22-23H,12-17H2,1-2H3,(H,25,28)(H,26,29)/t22-,23-/m1/s1. The zero-order valence-electron chi connectivity index (χ0n) is 17.8. The first-order valence-corrected chi connectivity index (χ1v) is 10.5. The predicted octanol–water partition coefficient (Wildman–Crippen LogP) is 2.75. The topological polar surface area (TPSA) is 70.7 Å². The number of hydrogen-bond donors (Lipinski definition) is 2. The minimum Gasteiger partial charge on any atom is -0.379 e. The number of rotatable bonds is 8. The smallest absolute Gasteiger partial charge is 0.222 e. The van der Waals surface area contributed by atoms with Gasteiger partial charge in [-0.2, -0.15) is 0 Å². The first-order chi connectivity index (χ1) is 14.5. The van der Waals surface area contributed by atoms with Gasteiger partial charge in [-0.05, 0) is 18.1 Å². The minimum atomic E-state index is -0.356. The molecule has 2 atom stereocenters. The second-order valence-corrected chi connectivity index (χ2v) is 7.81. The number of amides is 2. The normalized spacial score (nSPS) is 16.5. The monoisotopic (exact) mass is 409 g/mol. The number of carbonyl (C=O) groups is 2. The van der Waals surface area contributed by atoms with Gasteiger partial charge in [0, 0.05) is 26.6 Å². The van der Waals surface area contributed by atoms with Crippen molar-refractivity contribution in [3.05, 3.63) is 71.3 Å². The Morgan fingerprint density at radius 1 is 0.933 bits per heavy atom. The Labute approximate surface area is 178 Å². The Balaban J connectivity index is 1.72. The van der Waals surface area contributed by atoms with E-state index >= 15 is 0 Å². The lowest BCUT2D eigenvalue weighted by molar-refractivity contribution is -0.123. The fraction of sp³-hybridized carbons (Fsp3) is 0.417. The van der Waals surface area contributed by atoms with Crippen LogP contribution in [-0.4, -0.2) is 49.6 Å². The van der Waals surface area contributed by atoms with Crippen LogP contribution >= 0.6 is 0 Å². The van der Waals surface area contributed by atoms with Crippen LogP contribution in [0.2, 0.25) is 0 Å². The van der Waals surface area contributed by atoms with Crippen LogP contribution in [0.4, 0.5) is 0 Å². The quantitative estimate of drug-likeness (QED) is 0.703. The molecule has 0 aliphatic carbocycles. The van der Waals surface area contributed by atoms with Gasteiger partial charge in [-0.15, -0.1) is 0 Å². The average molecular weight is 410 g/mol. The van der Waals surface area contributed by atoms with Gasteiger partial charge in [0.15, 0.2) is 0 Å². The van der Waals surface area contributed by atoms with E-state index in [1.807, 2.05) is 30.3 Å². The summed E-state index contributed by atoms with van der Waals surface area (Å²) >= 11 is 0. The second-order valence-electron chi connectivity index (χ2n) is 7.81. The molecule has 6 heteroatoms. The van der Waals surface area contributed by atoms with Crippen LogP contribution in [-0.2, 0) is 14.3 Å². The third-order valence-corrected chi connectivity index (χ3v) is 5.33. The highest BCUT2D eigenvalue weighted by Crippen LogP contribution is 2.20. The summed E-state index contributed by atoms with van der Waals surface area (Å²) in [6, 6.07) is 17.4. The second kappa shape index (κ2) is 10.9. The summed E-state index contributed by atoms with van der Waals surface area (Å²) in [5.74, 6) is -0.239. The first kappa shape index (κ1) is 22.0. The Hall–Kier alpha value is -2.70. The predicted molar refractivity (Wildman–Crippen MR) is 117 cm³/mol. The maximum absolute atomic E-state index is 13.0. The van der Waals surface area contributed by atoms with Gasteiger partial charge in [0.25, 0.3) is 0 Å². The third-order valence-electron chi connectivity index (χ3n) is 5.33. The van der Waals surface area contributed by atoms with Crippen LogP contribution in [0, 0.1) is 6.92 Å². The molecule has 3 rings (SSSR count). The molecule has 1 saturated heterocycles. The van der Waals surface area contributed by atoms with Crippen LogP contribution in [0.5, 0.6) is 0 Å². The van der Waals surface area contributed by atoms with Crippen molar-refractivity contribution in [1.29, 1.82) is 0 Å². The van der Waals surface area contributed by atoms with E-state index in [0.717, 1.165) is 30.8 Å². The molecule has 2 amide bonds. The first-order valence-electron chi connectivity index (χ1n) is 10.5. The number of benzene rings is 2. The van der Waals surface area contributed by atoms with Crippen LogP contribution < -0.4 is 10.6 Å². The molecule has 0 radical (unpaired) electrons. The van der Waals surface area contributed by atoms with Gasteiger partial charge >= 0.3 is 0 Å². The molecule has 0 spiro atoms. The molecule has 0 bridgehead atoms. The molecule has 160 valence electrons. The summed E-state index contributed by atoms with van der Waals surface area (Å²) in [4.78, 5) is 27.0. The molecule has 1 aliphatic heterocycles. The van der Waals surface area contributed by atoms with Crippen molar-refractivity contribution in [2.75, 3.05) is 32.8 Å². The van der Waals surface area contributed by atoms with E-state index in [1.165, 1.54) is 12.5 Å². The molecule has 2 aromatic rings. The van der Waals surface area contributed by atoms with Gasteiger partial charge in [0.1, 0.15) is 0 Å². The van der Waals surface area contributed by atoms with E-state index in [2.05, 4.69) is 46.7 Å². The highest BCUT2D eigenvalue weighted by molar-refractivity contribution is 5.79. The molecule has 0 unspecified atom stereocenters. The molecule has 1 aliphatic rings. The third kappa shape index (κ3) is 6.68. The minimum absolute atomic E-state index is 0.0866. The zero-order valence-corrected chi connectivity index (χ0v) is 17.8. The number of carbonyl (C=O) groups excluding carboxylic acids is 2. The molecule has 2 aromatic carbocycles. The maximum Gasteiger partial charge on any atom is 0.222 e. The molecule has 1 fully saturated rings. The van der Waals surface area contributed by atoms with Crippen molar-refractivity contribution in [3.8, 4) is 0 Å². The summed E-state index contributed by atoms with van der Waals surface area (Å²) in [6.07, 6.45) is 0.190. The van der Waals surface area contributed by atoms with Crippen LogP contribution in [0.15, 0.2) is 54.6 Å². The Bertz CT molecular complexity index is 817. The Kier molecular flexibility index (Phi) is 7.99. The number of nitrogens with one attached hydrogen (secondary N) is 2. The molecular formula is C24H31N3O3. The van der Waals surface area contributed by atoms with Crippen molar-refractivity contribution in [2.24, 2.45) is 0 Å². The highest BCUT2D eigenvalue weighted by Gasteiger charge is 2.23.